The van der Waals surface area contributed by atoms with Crippen LogP contribution in [0.1, 0.15) is 36.8 Å². The molecule has 3 aromatic heterocycles. The molecule has 1 N–H and O–H groups in total. The molecule has 7 nitrogen and oxygen atoms in total. The quantitative estimate of drug-likeness (QED) is 0.716. The summed E-state index contributed by atoms with van der Waals surface area (Å²) in [6.45, 7) is 2.63. The van der Waals surface area contributed by atoms with Crippen molar-refractivity contribution in [2.75, 3.05) is 25.0 Å². The first-order chi connectivity index (χ1) is 12.8. The van der Waals surface area contributed by atoms with E-state index >= 15 is 0 Å². The van der Waals surface area contributed by atoms with E-state index in [0.29, 0.717) is 24.1 Å². The molecule has 0 spiro atoms. The number of nitrogens with one attached hydrogen (secondary N) is 1. The fraction of sp³-hybridized carbons (Fsp3) is 0.368. The van der Waals surface area contributed by atoms with Crippen molar-refractivity contribution in [3.63, 3.8) is 0 Å². The molecule has 4 rings (SSSR count). The Kier molecular flexibility index (Phi) is 4.75. The van der Waals surface area contributed by atoms with Gasteiger partial charge in [-0.2, -0.15) is 10.2 Å². The highest BCUT2D eigenvalue weighted by Gasteiger charge is 2.25. The Labute approximate surface area is 151 Å². The molecule has 134 valence electrons. The average molecular weight is 352 g/mol. The zero-order valence-electron chi connectivity index (χ0n) is 14.4. The summed E-state index contributed by atoms with van der Waals surface area (Å²) in [5.74, 6) is 2.05. The minimum atomic E-state index is 0.0778. The molecule has 4 heterocycles. The van der Waals surface area contributed by atoms with Gasteiger partial charge in [0.2, 0.25) is 11.6 Å². The molecule has 1 saturated heterocycles. The number of piperidine rings is 1. The molecule has 1 aliphatic rings. The van der Waals surface area contributed by atoms with Gasteiger partial charge in [-0.15, -0.1) is 0 Å². The van der Waals surface area contributed by atoms with Crippen molar-refractivity contribution in [1.82, 2.24) is 9.88 Å². The summed E-state index contributed by atoms with van der Waals surface area (Å²) in [5.41, 5.74) is 0.216. The van der Waals surface area contributed by atoms with Gasteiger partial charge in [-0.25, -0.2) is 0 Å². The average Bonchev–Trinajstić information content (AvgIpc) is 3.44. The number of likely N-dealkylation sites (tertiary alicyclic amines) is 1. The molecular formula is C19H20N4O3. The molecule has 0 saturated carbocycles. The predicted molar refractivity (Wildman–Crippen MR) is 94.3 cm³/mol. The Morgan fingerprint density at radius 1 is 1.15 bits per heavy atom. The first-order valence-corrected chi connectivity index (χ1v) is 8.81. The molecule has 0 bridgehead atoms. The van der Waals surface area contributed by atoms with Crippen molar-refractivity contribution < 1.29 is 13.3 Å². The minimum Gasteiger partial charge on any atom is -0.468 e. The number of hydrogen-bond acceptors (Lipinski definition) is 7. The van der Waals surface area contributed by atoms with Crippen LogP contribution in [0, 0.1) is 11.3 Å². The molecule has 1 fully saturated rings. The molecule has 0 radical (unpaired) electrons. The number of oxazole rings is 1. The van der Waals surface area contributed by atoms with E-state index in [1.165, 1.54) is 19.3 Å². The standard InChI is InChI=1S/C19H20N4O3/c20-12-14-18(26-19(22-14)17-7-5-11-25-17)21-13-15(16-6-4-10-24-16)23-8-2-1-3-9-23/h4-7,10-11,15,21H,1-3,8-9,13H2/t15-/m1/s1. The summed E-state index contributed by atoms with van der Waals surface area (Å²) in [6, 6.07) is 9.53. The zero-order valence-corrected chi connectivity index (χ0v) is 14.4. The van der Waals surface area contributed by atoms with Gasteiger partial charge in [0.15, 0.2) is 5.76 Å². The summed E-state index contributed by atoms with van der Waals surface area (Å²) in [6.07, 6.45) is 6.87. The monoisotopic (exact) mass is 352 g/mol. The van der Waals surface area contributed by atoms with Gasteiger partial charge < -0.3 is 18.6 Å². The maximum Gasteiger partial charge on any atom is 0.266 e. The van der Waals surface area contributed by atoms with E-state index in [4.69, 9.17) is 13.3 Å². The van der Waals surface area contributed by atoms with Gasteiger partial charge in [0.05, 0.1) is 18.6 Å². The highest BCUT2D eigenvalue weighted by molar-refractivity contribution is 5.54. The first-order valence-electron chi connectivity index (χ1n) is 8.81. The van der Waals surface area contributed by atoms with Crippen LogP contribution < -0.4 is 5.32 Å². The minimum absolute atomic E-state index is 0.0778. The largest absolute Gasteiger partial charge is 0.468 e. The normalized spacial score (nSPS) is 16.3. The van der Waals surface area contributed by atoms with Crippen molar-refractivity contribution >= 4 is 5.88 Å². The van der Waals surface area contributed by atoms with Crippen LogP contribution in [0.5, 0.6) is 0 Å². The van der Waals surface area contributed by atoms with Crippen LogP contribution >= 0.6 is 0 Å². The lowest BCUT2D eigenvalue weighted by atomic mass is 10.1. The number of nitrogens with zero attached hydrogens (tertiary/aromatic N) is 3. The van der Waals surface area contributed by atoms with Crippen molar-refractivity contribution in [3.8, 4) is 17.7 Å². The Hall–Kier alpha value is -2.98. The van der Waals surface area contributed by atoms with Gasteiger partial charge in [0, 0.05) is 6.54 Å². The third-order valence-corrected chi connectivity index (χ3v) is 4.62. The second kappa shape index (κ2) is 7.50. The molecule has 0 aromatic carbocycles. The predicted octanol–water partition coefficient (Wildman–Crippen LogP) is 4.04. The number of aromatic nitrogens is 1. The lowest BCUT2D eigenvalue weighted by Crippen LogP contribution is -2.37. The topological polar surface area (TPSA) is 91.4 Å². The Morgan fingerprint density at radius 2 is 1.96 bits per heavy atom. The summed E-state index contributed by atoms with van der Waals surface area (Å²) in [4.78, 5) is 6.61. The fourth-order valence-electron chi connectivity index (χ4n) is 3.33. The molecule has 1 atom stereocenters. The fourth-order valence-corrected chi connectivity index (χ4v) is 3.33. The van der Waals surface area contributed by atoms with Crippen LogP contribution in [-0.4, -0.2) is 29.5 Å². The Morgan fingerprint density at radius 3 is 2.65 bits per heavy atom. The van der Waals surface area contributed by atoms with Gasteiger partial charge in [0.1, 0.15) is 11.8 Å². The maximum atomic E-state index is 9.36. The lowest BCUT2D eigenvalue weighted by molar-refractivity contribution is 0.152. The van der Waals surface area contributed by atoms with E-state index in [-0.39, 0.29) is 11.7 Å². The van der Waals surface area contributed by atoms with Gasteiger partial charge in [-0.05, 0) is 50.2 Å². The highest BCUT2D eigenvalue weighted by atomic mass is 16.4. The molecule has 0 aliphatic carbocycles. The number of furan rings is 2. The van der Waals surface area contributed by atoms with E-state index in [1.54, 1.807) is 24.7 Å². The Bertz CT molecular complexity index is 855. The van der Waals surface area contributed by atoms with Gasteiger partial charge in [-0.3, -0.25) is 4.90 Å². The number of nitriles is 1. The van der Waals surface area contributed by atoms with E-state index in [9.17, 15) is 5.26 Å². The summed E-state index contributed by atoms with van der Waals surface area (Å²) in [7, 11) is 0. The molecule has 7 heteroatoms. The number of anilines is 1. The number of hydrogen-bond donors (Lipinski definition) is 1. The van der Waals surface area contributed by atoms with Crippen LogP contribution in [-0.2, 0) is 0 Å². The lowest BCUT2D eigenvalue weighted by Gasteiger charge is -2.33. The van der Waals surface area contributed by atoms with Gasteiger partial charge in [0.25, 0.3) is 5.89 Å². The SMILES string of the molecule is N#Cc1nc(-c2ccco2)oc1NC[C@H](c1ccco1)N1CCCCC1. The van der Waals surface area contributed by atoms with Crippen molar-refractivity contribution in [2.45, 2.75) is 25.3 Å². The third kappa shape index (κ3) is 3.37. The van der Waals surface area contributed by atoms with Crippen molar-refractivity contribution in [3.05, 3.63) is 48.2 Å². The molecule has 0 unspecified atom stereocenters. The zero-order chi connectivity index (χ0) is 17.8. The van der Waals surface area contributed by atoms with E-state index in [2.05, 4.69) is 21.3 Å². The highest BCUT2D eigenvalue weighted by Crippen LogP contribution is 2.29. The smallest absolute Gasteiger partial charge is 0.266 e. The van der Waals surface area contributed by atoms with E-state index in [0.717, 1.165) is 18.8 Å². The van der Waals surface area contributed by atoms with E-state index < -0.39 is 0 Å². The summed E-state index contributed by atoms with van der Waals surface area (Å²) < 4.78 is 16.7. The summed E-state index contributed by atoms with van der Waals surface area (Å²) in [5, 5.41) is 12.6. The van der Waals surface area contributed by atoms with E-state index in [1.807, 2.05) is 12.1 Å². The molecule has 3 aromatic rings. The van der Waals surface area contributed by atoms with Crippen LogP contribution in [0.15, 0.2) is 50.0 Å². The third-order valence-electron chi connectivity index (χ3n) is 4.62. The molecule has 1 aliphatic heterocycles. The second-order valence-corrected chi connectivity index (χ2v) is 6.29. The van der Waals surface area contributed by atoms with Crippen LogP contribution in [0.2, 0.25) is 0 Å². The van der Waals surface area contributed by atoms with Crippen molar-refractivity contribution in [1.29, 1.82) is 5.26 Å². The van der Waals surface area contributed by atoms with Crippen LogP contribution in [0.3, 0.4) is 0 Å². The van der Waals surface area contributed by atoms with Crippen molar-refractivity contribution in [2.24, 2.45) is 0 Å². The Balaban J connectivity index is 1.53. The molecule has 0 amide bonds. The molecule has 26 heavy (non-hydrogen) atoms. The van der Waals surface area contributed by atoms with Crippen LogP contribution in [0.4, 0.5) is 5.88 Å². The molecular weight excluding hydrogens is 332 g/mol. The second-order valence-electron chi connectivity index (χ2n) is 6.29. The first kappa shape index (κ1) is 16.5. The maximum absolute atomic E-state index is 9.36. The van der Waals surface area contributed by atoms with Crippen LogP contribution in [0.25, 0.3) is 11.7 Å². The van der Waals surface area contributed by atoms with Gasteiger partial charge >= 0.3 is 0 Å². The summed E-state index contributed by atoms with van der Waals surface area (Å²) >= 11 is 0. The number of rotatable bonds is 6. The van der Waals surface area contributed by atoms with Gasteiger partial charge in [-0.1, -0.05) is 6.42 Å².